The van der Waals surface area contributed by atoms with Crippen LogP contribution in [0.1, 0.15) is 36.6 Å². The number of rotatable bonds is 6. The molecule has 3 rings (SSSR count). The molecule has 6 heteroatoms. The van der Waals surface area contributed by atoms with Crippen molar-refractivity contribution in [3.05, 3.63) is 22.4 Å². The molecule has 0 spiro atoms. The highest BCUT2D eigenvalue weighted by Gasteiger charge is 2.26. The maximum atomic E-state index is 12.1. The summed E-state index contributed by atoms with van der Waals surface area (Å²) in [6.07, 6.45) is 3.92. The number of carbonyl (C=O) groups excluding carboxylic acids is 2. The summed E-state index contributed by atoms with van der Waals surface area (Å²) >= 11 is 1.75. The summed E-state index contributed by atoms with van der Waals surface area (Å²) in [4.78, 5) is 29.1. The average molecular weight is 321 g/mol. The van der Waals surface area contributed by atoms with E-state index in [2.05, 4.69) is 27.7 Å². The highest BCUT2D eigenvalue weighted by atomic mass is 32.1. The molecule has 22 heavy (non-hydrogen) atoms. The van der Waals surface area contributed by atoms with Gasteiger partial charge in [-0.1, -0.05) is 6.07 Å². The maximum absolute atomic E-state index is 12.1. The third-order valence-corrected chi connectivity index (χ3v) is 5.43. The Kier molecular flexibility index (Phi) is 5.10. The minimum Gasteiger partial charge on any atom is -0.353 e. The summed E-state index contributed by atoms with van der Waals surface area (Å²) in [7, 11) is 0. The zero-order valence-corrected chi connectivity index (χ0v) is 13.6. The second-order valence-electron chi connectivity index (χ2n) is 6.00. The largest absolute Gasteiger partial charge is 0.353 e. The highest BCUT2D eigenvalue weighted by molar-refractivity contribution is 7.10. The van der Waals surface area contributed by atoms with E-state index in [0.29, 0.717) is 19.5 Å². The number of hydrogen-bond acceptors (Lipinski definition) is 4. The van der Waals surface area contributed by atoms with Crippen LogP contribution in [0.15, 0.2) is 17.5 Å². The average Bonchev–Trinajstić information content (AvgIpc) is 3.23. The molecule has 2 aliphatic heterocycles. The Morgan fingerprint density at radius 3 is 2.73 bits per heavy atom. The molecule has 5 nitrogen and oxygen atoms in total. The summed E-state index contributed by atoms with van der Waals surface area (Å²) < 4.78 is 0. The monoisotopic (exact) mass is 321 g/mol. The smallest absolute Gasteiger partial charge is 0.239 e. The number of nitrogens with zero attached hydrogens (tertiary/aromatic N) is 2. The molecule has 1 atom stereocenters. The second-order valence-corrected chi connectivity index (χ2v) is 6.98. The Morgan fingerprint density at radius 2 is 2.09 bits per heavy atom. The maximum Gasteiger partial charge on any atom is 0.239 e. The number of nitrogens with one attached hydrogen (secondary N) is 1. The Morgan fingerprint density at radius 1 is 1.27 bits per heavy atom. The summed E-state index contributed by atoms with van der Waals surface area (Å²) in [5, 5.41) is 5.11. The summed E-state index contributed by atoms with van der Waals surface area (Å²) in [6, 6.07) is 4.47. The van der Waals surface area contributed by atoms with Crippen LogP contribution >= 0.6 is 11.3 Å². The third kappa shape index (κ3) is 3.67. The fourth-order valence-electron chi connectivity index (χ4n) is 3.25. The van der Waals surface area contributed by atoms with Crippen molar-refractivity contribution in [3.8, 4) is 0 Å². The first-order valence-corrected chi connectivity index (χ1v) is 8.94. The molecule has 0 aliphatic carbocycles. The number of hydrogen-bond donors (Lipinski definition) is 1. The first kappa shape index (κ1) is 15.5. The van der Waals surface area contributed by atoms with Gasteiger partial charge in [0.05, 0.1) is 12.6 Å². The van der Waals surface area contributed by atoms with E-state index in [4.69, 9.17) is 0 Å². The minimum absolute atomic E-state index is 0.0454. The minimum atomic E-state index is -0.0454. The van der Waals surface area contributed by atoms with Crippen LogP contribution in [-0.4, -0.2) is 54.3 Å². The molecule has 1 N–H and O–H groups in total. The SMILES string of the molecule is O=C(CN1CCCC1=O)NC[C@H](c1cccs1)N1CCCC1. The van der Waals surface area contributed by atoms with Crippen molar-refractivity contribution in [2.75, 3.05) is 32.7 Å². The van der Waals surface area contributed by atoms with E-state index in [-0.39, 0.29) is 24.4 Å². The van der Waals surface area contributed by atoms with E-state index >= 15 is 0 Å². The van der Waals surface area contributed by atoms with Gasteiger partial charge in [0.1, 0.15) is 0 Å². The zero-order valence-electron chi connectivity index (χ0n) is 12.8. The summed E-state index contributed by atoms with van der Waals surface area (Å²) in [5.74, 6) is 0.0560. The standard InChI is InChI=1S/C16H23N3O2S/c20-15(12-19-9-3-6-16(19)21)17-11-13(14-5-4-10-22-14)18-7-1-2-8-18/h4-5,10,13H,1-3,6-9,11-12H2,(H,17,20)/t13-/m1/s1. The Hall–Kier alpha value is -1.40. The van der Waals surface area contributed by atoms with Crippen LogP contribution in [0.4, 0.5) is 0 Å². The number of amides is 2. The van der Waals surface area contributed by atoms with Gasteiger partial charge in [0, 0.05) is 24.4 Å². The Bertz CT molecular complexity index is 511. The number of likely N-dealkylation sites (tertiary alicyclic amines) is 2. The van der Waals surface area contributed by atoms with Crippen LogP contribution in [0.25, 0.3) is 0 Å². The van der Waals surface area contributed by atoms with Crippen LogP contribution in [0.3, 0.4) is 0 Å². The lowest BCUT2D eigenvalue weighted by atomic mass is 10.2. The predicted octanol–water partition coefficient (Wildman–Crippen LogP) is 1.62. The Balaban J connectivity index is 1.54. The van der Waals surface area contributed by atoms with Gasteiger partial charge in [-0.05, 0) is 43.8 Å². The van der Waals surface area contributed by atoms with E-state index in [1.165, 1.54) is 17.7 Å². The summed E-state index contributed by atoms with van der Waals surface area (Å²) in [6.45, 7) is 3.75. The van der Waals surface area contributed by atoms with Gasteiger partial charge in [0.2, 0.25) is 11.8 Å². The molecule has 2 fully saturated rings. The molecule has 2 saturated heterocycles. The van der Waals surface area contributed by atoms with Gasteiger partial charge in [-0.15, -0.1) is 11.3 Å². The lowest BCUT2D eigenvalue weighted by Crippen LogP contribution is -2.41. The number of carbonyl (C=O) groups is 2. The van der Waals surface area contributed by atoms with Crippen LogP contribution in [0, 0.1) is 0 Å². The lowest BCUT2D eigenvalue weighted by Gasteiger charge is -2.27. The first-order valence-electron chi connectivity index (χ1n) is 8.06. The van der Waals surface area contributed by atoms with Crippen molar-refractivity contribution in [2.24, 2.45) is 0 Å². The molecule has 3 heterocycles. The van der Waals surface area contributed by atoms with Gasteiger partial charge in [0.25, 0.3) is 0 Å². The molecular formula is C16H23N3O2S. The van der Waals surface area contributed by atoms with Crippen molar-refractivity contribution in [1.82, 2.24) is 15.1 Å². The van der Waals surface area contributed by atoms with E-state index in [9.17, 15) is 9.59 Å². The second kappa shape index (κ2) is 7.24. The molecular weight excluding hydrogens is 298 g/mol. The van der Waals surface area contributed by atoms with Gasteiger partial charge in [-0.25, -0.2) is 0 Å². The quantitative estimate of drug-likeness (QED) is 0.866. The fourth-order valence-corrected chi connectivity index (χ4v) is 4.12. The van der Waals surface area contributed by atoms with E-state index in [0.717, 1.165) is 19.5 Å². The summed E-state index contributed by atoms with van der Waals surface area (Å²) in [5.41, 5.74) is 0. The third-order valence-electron chi connectivity index (χ3n) is 4.45. The normalized spacial score (nSPS) is 20.5. The molecule has 2 aliphatic rings. The van der Waals surface area contributed by atoms with Gasteiger partial charge in [0.15, 0.2) is 0 Å². The number of thiophene rings is 1. The molecule has 0 saturated carbocycles. The molecule has 0 bridgehead atoms. The van der Waals surface area contributed by atoms with Crippen molar-refractivity contribution in [2.45, 2.75) is 31.7 Å². The van der Waals surface area contributed by atoms with Gasteiger partial charge >= 0.3 is 0 Å². The molecule has 1 aromatic heterocycles. The lowest BCUT2D eigenvalue weighted by molar-refractivity contribution is -0.133. The van der Waals surface area contributed by atoms with Gasteiger partial charge < -0.3 is 10.2 Å². The topological polar surface area (TPSA) is 52.7 Å². The molecule has 1 aromatic rings. The van der Waals surface area contributed by atoms with Crippen LogP contribution in [0.2, 0.25) is 0 Å². The van der Waals surface area contributed by atoms with Crippen molar-refractivity contribution in [1.29, 1.82) is 0 Å². The molecule has 120 valence electrons. The molecule has 0 aromatic carbocycles. The van der Waals surface area contributed by atoms with Crippen molar-refractivity contribution >= 4 is 23.2 Å². The van der Waals surface area contributed by atoms with Crippen LogP contribution in [-0.2, 0) is 9.59 Å². The molecule has 0 radical (unpaired) electrons. The van der Waals surface area contributed by atoms with E-state index < -0.39 is 0 Å². The van der Waals surface area contributed by atoms with Crippen molar-refractivity contribution in [3.63, 3.8) is 0 Å². The predicted molar refractivity (Wildman–Crippen MR) is 86.7 cm³/mol. The van der Waals surface area contributed by atoms with E-state index in [1.54, 1.807) is 16.2 Å². The molecule has 0 unspecified atom stereocenters. The Labute approximate surface area is 135 Å². The first-order chi connectivity index (χ1) is 10.7. The van der Waals surface area contributed by atoms with Crippen molar-refractivity contribution < 1.29 is 9.59 Å². The van der Waals surface area contributed by atoms with Crippen LogP contribution in [0.5, 0.6) is 0 Å². The van der Waals surface area contributed by atoms with Gasteiger partial charge in [-0.2, -0.15) is 0 Å². The van der Waals surface area contributed by atoms with Gasteiger partial charge in [-0.3, -0.25) is 14.5 Å². The zero-order chi connectivity index (χ0) is 15.4. The van der Waals surface area contributed by atoms with E-state index in [1.807, 2.05) is 0 Å². The van der Waals surface area contributed by atoms with Crippen LogP contribution < -0.4 is 5.32 Å². The fraction of sp³-hybridized carbons (Fsp3) is 0.625. The highest BCUT2D eigenvalue weighted by Crippen LogP contribution is 2.27. The molecule has 2 amide bonds.